The van der Waals surface area contributed by atoms with Crippen LogP contribution in [0.25, 0.3) is 12.2 Å². The number of nitrogens with one attached hydrogen (secondary N) is 1. The minimum atomic E-state index is -0.339. The molecule has 1 aromatic heterocycles. The Bertz CT molecular complexity index is 1380. The highest BCUT2D eigenvalue weighted by atomic mass is 19.1. The summed E-state index contributed by atoms with van der Waals surface area (Å²) >= 11 is 0. The van der Waals surface area contributed by atoms with Gasteiger partial charge in [-0.05, 0) is 86.5 Å². The van der Waals surface area contributed by atoms with Crippen LogP contribution in [-0.4, -0.2) is 47.9 Å². The molecule has 0 bridgehead atoms. The van der Waals surface area contributed by atoms with Gasteiger partial charge in [-0.3, -0.25) is 14.6 Å². The smallest absolute Gasteiger partial charge is 0.258 e. The summed E-state index contributed by atoms with van der Waals surface area (Å²) in [6.45, 7) is 4.03. The van der Waals surface area contributed by atoms with E-state index in [4.69, 9.17) is 0 Å². The third-order valence-electron chi connectivity index (χ3n) is 7.37. The number of pyridine rings is 1. The minimum Gasteiger partial charge on any atom is -0.352 e. The zero-order valence-corrected chi connectivity index (χ0v) is 22.7. The number of carbonyl (C=O) groups excluding carboxylic acids is 2. The fraction of sp³-hybridized carbons (Fsp3) is 0.303. The summed E-state index contributed by atoms with van der Waals surface area (Å²) in [5, 5.41) is 3.02. The maximum absolute atomic E-state index is 13.9. The number of fused-ring (bicyclic) bond motifs is 1. The number of hydrogen-bond donors (Lipinski definition) is 1. The van der Waals surface area contributed by atoms with Crippen molar-refractivity contribution in [1.29, 1.82) is 0 Å². The van der Waals surface area contributed by atoms with Crippen LogP contribution in [0, 0.1) is 5.82 Å². The van der Waals surface area contributed by atoms with Gasteiger partial charge in [0.1, 0.15) is 5.82 Å². The van der Waals surface area contributed by atoms with Crippen LogP contribution in [0.2, 0.25) is 0 Å². The molecule has 3 heterocycles. The van der Waals surface area contributed by atoms with Crippen molar-refractivity contribution in [2.24, 2.45) is 0 Å². The SMILES string of the molecule is O=C(NCCCN1CCCCCC1)c1cnc2c(c1)N(Cc1ccc(F)cc1)C(=O)/C(=C/c1ccccc1)C=C2. The Hall–Kier alpha value is -4.10. The van der Waals surface area contributed by atoms with E-state index in [-0.39, 0.29) is 24.2 Å². The van der Waals surface area contributed by atoms with Gasteiger partial charge in [0.15, 0.2) is 0 Å². The van der Waals surface area contributed by atoms with Crippen molar-refractivity contribution >= 4 is 29.7 Å². The summed E-state index contributed by atoms with van der Waals surface area (Å²) in [6.07, 6.45) is 12.9. The second-order valence-corrected chi connectivity index (χ2v) is 10.4. The lowest BCUT2D eigenvalue weighted by molar-refractivity contribution is -0.114. The van der Waals surface area contributed by atoms with Gasteiger partial charge in [-0.2, -0.15) is 0 Å². The first-order valence-electron chi connectivity index (χ1n) is 14.1. The van der Waals surface area contributed by atoms with Gasteiger partial charge >= 0.3 is 0 Å². The fourth-order valence-electron chi connectivity index (χ4n) is 5.17. The molecule has 0 radical (unpaired) electrons. The first kappa shape index (κ1) is 27.5. The fourth-order valence-corrected chi connectivity index (χ4v) is 5.17. The normalized spacial score (nSPS) is 16.9. The molecule has 40 heavy (non-hydrogen) atoms. The highest BCUT2D eigenvalue weighted by Gasteiger charge is 2.26. The van der Waals surface area contributed by atoms with Gasteiger partial charge < -0.3 is 15.1 Å². The summed E-state index contributed by atoms with van der Waals surface area (Å²) < 4.78 is 13.6. The first-order valence-corrected chi connectivity index (χ1v) is 14.1. The molecule has 5 rings (SSSR count). The van der Waals surface area contributed by atoms with E-state index in [0.717, 1.165) is 37.2 Å². The van der Waals surface area contributed by atoms with Crippen LogP contribution in [0.5, 0.6) is 0 Å². The molecule has 0 aliphatic carbocycles. The van der Waals surface area contributed by atoms with Crippen molar-refractivity contribution in [2.45, 2.75) is 38.6 Å². The maximum atomic E-state index is 13.9. The number of benzene rings is 2. The second kappa shape index (κ2) is 13.3. The van der Waals surface area contributed by atoms with Crippen LogP contribution in [-0.2, 0) is 11.3 Å². The second-order valence-electron chi connectivity index (χ2n) is 10.4. The maximum Gasteiger partial charge on any atom is 0.258 e. The molecule has 2 aliphatic heterocycles. The predicted molar refractivity (Wildman–Crippen MR) is 157 cm³/mol. The Morgan fingerprint density at radius 2 is 1.73 bits per heavy atom. The number of rotatable bonds is 8. The van der Waals surface area contributed by atoms with E-state index >= 15 is 0 Å². The molecular formula is C33H35FN4O2. The van der Waals surface area contributed by atoms with Crippen LogP contribution < -0.4 is 10.2 Å². The van der Waals surface area contributed by atoms with Crippen molar-refractivity contribution in [3.63, 3.8) is 0 Å². The highest BCUT2D eigenvalue weighted by molar-refractivity contribution is 6.13. The Morgan fingerprint density at radius 3 is 2.48 bits per heavy atom. The zero-order chi connectivity index (χ0) is 27.7. The quantitative estimate of drug-likeness (QED) is 0.288. The van der Waals surface area contributed by atoms with E-state index in [1.165, 1.54) is 37.8 Å². The molecule has 2 aromatic carbocycles. The highest BCUT2D eigenvalue weighted by Crippen LogP contribution is 2.30. The van der Waals surface area contributed by atoms with Gasteiger partial charge in [0.2, 0.25) is 0 Å². The standard InChI is InChI=1S/C33H35FN4O2/c34-29-14-11-26(12-15-29)24-38-31-22-28(32(39)35-17-8-20-37-18-6-1-2-7-19-37)23-36-30(31)16-13-27(33(38)40)21-25-9-4-3-5-10-25/h3-5,9-16,21-23H,1-2,6-8,17-20,24H2,(H,35,39)/b27-21+. The summed E-state index contributed by atoms with van der Waals surface area (Å²) in [6, 6.07) is 17.4. The van der Waals surface area contributed by atoms with Crippen molar-refractivity contribution < 1.29 is 14.0 Å². The summed E-state index contributed by atoms with van der Waals surface area (Å²) in [5.74, 6) is -0.775. The van der Waals surface area contributed by atoms with Crippen LogP contribution in [0.4, 0.5) is 10.1 Å². The number of anilines is 1. The summed E-state index contributed by atoms with van der Waals surface area (Å²) in [5.41, 5.74) is 3.69. The topological polar surface area (TPSA) is 65.5 Å². The molecule has 1 saturated heterocycles. The molecule has 7 heteroatoms. The van der Waals surface area contributed by atoms with Gasteiger partial charge in [-0.25, -0.2) is 4.39 Å². The number of nitrogens with zero attached hydrogens (tertiary/aromatic N) is 3. The number of amides is 2. The van der Waals surface area contributed by atoms with E-state index in [2.05, 4.69) is 15.2 Å². The monoisotopic (exact) mass is 538 g/mol. The lowest BCUT2D eigenvalue weighted by atomic mass is 10.1. The predicted octanol–water partition coefficient (Wildman–Crippen LogP) is 5.86. The van der Waals surface area contributed by atoms with Gasteiger partial charge in [0.05, 0.1) is 23.5 Å². The Kier molecular flexibility index (Phi) is 9.14. The molecule has 1 N–H and O–H groups in total. The number of carbonyl (C=O) groups is 2. The third kappa shape index (κ3) is 7.10. The number of halogens is 1. The van der Waals surface area contributed by atoms with Crippen molar-refractivity contribution in [3.05, 3.63) is 107 Å². The first-order chi connectivity index (χ1) is 19.6. The number of hydrogen-bond acceptors (Lipinski definition) is 4. The molecule has 2 aliphatic rings. The van der Waals surface area contributed by atoms with Gasteiger partial charge in [0.25, 0.3) is 11.8 Å². The van der Waals surface area contributed by atoms with Crippen molar-refractivity contribution in [3.8, 4) is 0 Å². The molecular weight excluding hydrogens is 503 g/mol. The van der Waals surface area contributed by atoms with Gasteiger partial charge in [-0.15, -0.1) is 0 Å². The van der Waals surface area contributed by atoms with Crippen molar-refractivity contribution in [2.75, 3.05) is 31.1 Å². The lowest BCUT2D eigenvalue weighted by Crippen LogP contribution is -2.32. The molecule has 6 nitrogen and oxygen atoms in total. The zero-order valence-electron chi connectivity index (χ0n) is 22.7. The van der Waals surface area contributed by atoms with Crippen LogP contribution in [0.1, 0.15) is 59.3 Å². The van der Waals surface area contributed by atoms with Crippen molar-refractivity contribution in [1.82, 2.24) is 15.2 Å². The van der Waals surface area contributed by atoms with Crippen LogP contribution in [0.15, 0.2) is 78.5 Å². The Balaban J connectivity index is 1.35. The van der Waals surface area contributed by atoms with E-state index in [1.807, 2.05) is 36.4 Å². The molecule has 0 spiro atoms. The molecule has 1 fully saturated rings. The largest absolute Gasteiger partial charge is 0.352 e. The average molecular weight is 539 g/mol. The summed E-state index contributed by atoms with van der Waals surface area (Å²) in [4.78, 5) is 35.6. The van der Waals surface area contributed by atoms with Crippen LogP contribution in [0.3, 0.4) is 0 Å². The number of aromatic nitrogens is 1. The molecule has 0 saturated carbocycles. The summed E-state index contributed by atoms with van der Waals surface area (Å²) in [7, 11) is 0. The van der Waals surface area contributed by atoms with E-state index in [0.29, 0.717) is 29.1 Å². The number of likely N-dealkylation sites (tertiary alicyclic amines) is 1. The van der Waals surface area contributed by atoms with Gasteiger partial charge in [0, 0.05) is 18.3 Å². The molecule has 206 valence electrons. The lowest BCUT2D eigenvalue weighted by Gasteiger charge is -2.24. The van der Waals surface area contributed by atoms with E-state index < -0.39 is 0 Å². The van der Waals surface area contributed by atoms with E-state index in [9.17, 15) is 14.0 Å². The molecule has 3 aromatic rings. The van der Waals surface area contributed by atoms with E-state index in [1.54, 1.807) is 41.4 Å². The molecule has 2 amide bonds. The Morgan fingerprint density at radius 1 is 0.975 bits per heavy atom. The molecule has 0 unspecified atom stereocenters. The molecule has 0 atom stereocenters. The average Bonchev–Trinajstić information content (AvgIpc) is 3.31. The van der Waals surface area contributed by atoms with Crippen LogP contribution >= 0.6 is 0 Å². The van der Waals surface area contributed by atoms with Gasteiger partial charge in [-0.1, -0.05) is 55.3 Å². The Labute approximate surface area is 235 Å². The third-order valence-corrected chi connectivity index (χ3v) is 7.37. The minimum absolute atomic E-state index is 0.211.